The van der Waals surface area contributed by atoms with Crippen molar-refractivity contribution in [3.63, 3.8) is 0 Å². The van der Waals surface area contributed by atoms with Crippen LogP contribution < -0.4 is 0 Å². The third-order valence-corrected chi connectivity index (χ3v) is 4.30. The second kappa shape index (κ2) is 5.67. The van der Waals surface area contributed by atoms with Crippen molar-refractivity contribution in [2.24, 2.45) is 0 Å². The summed E-state index contributed by atoms with van der Waals surface area (Å²) in [5.74, 6) is 0.345. The van der Waals surface area contributed by atoms with Gasteiger partial charge in [0.1, 0.15) is 0 Å². The van der Waals surface area contributed by atoms with Crippen LogP contribution in [0.5, 0.6) is 0 Å². The van der Waals surface area contributed by atoms with Crippen LogP contribution in [0.4, 0.5) is 0 Å². The molecule has 0 bridgehead atoms. The maximum atomic E-state index is 9.64. The van der Waals surface area contributed by atoms with Crippen molar-refractivity contribution in [1.29, 1.82) is 0 Å². The van der Waals surface area contributed by atoms with Crippen LogP contribution in [-0.4, -0.2) is 65.2 Å². The first-order chi connectivity index (χ1) is 7.70. The molecular weight excluding hydrogens is 224 g/mol. The molecule has 1 N–H and O–H groups in total. The van der Waals surface area contributed by atoms with Crippen molar-refractivity contribution < 1.29 is 5.11 Å². The number of rotatable bonds is 3. The molecule has 0 radical (unpaired) electrons. The Morgan fingerprint density at radius 2 is 2.19 bits per heavy atom. The first kappa shape index (κ1) is 12.6. The molecule has 16 heavy (non-hydrogen) atoms. The number of hydrogen-bond donors (Lipinski definition) is 1. The second-order valence-corrected chi connectivity index (χ2v) is 5.56. The van der Waals surface area contributed by atoms with Gasteiger partial charge in [-0.25, -0.2) is 0 Å². The molecule has 0 saturated carbocycles. The zero-order valence-electron chi connectivity index (χ0n) is 10.1. The minimum atomic E-state index is -0.376. The summed E-state index contributed by atoms with van der Waals surface area (Å²) < 4.78 is 0. The zero-order chi connectivity index (χ0) is 11.5. The van der Waals surface area contributed by atoms with E-state index in [0.717, 1.165) is 19.6 Å². The molecule has 0 aliphatic carbocycles. The van der Waals surface area contributed by atoms with Crippen molar-refractivity contribution in [1.82, 2.24) is 9.80 Å². The monoisotopic (exact) mass is 246 g/mol. The summed E-state index contributed by atoms with van der Waals surface area (Å²) in [4.78, 5) is 5.03. The van der Waals surface area contributed by atoms with Gasteiger partial charge in [-0.1, -0.05) is 6.42 Å². The molecule has 4 heteroatoms. The van der Waals surface area contributed by atoms with Crippen LogP contribution in [0.3, 0.4) is 0 Å². The molecule has 3 unspecified atom stereocenters. The SMILES string of the molecule is CC1CN2CCCCC2CN1CC(O)CCl. The Kier molecular flexibility index (Phi) is 4.48. The average Bonchev–Trinajstić information content (AvgIpc) is 2.30. The topological polar surface area (TPSA) is 26.7 Å². The van der Waals surface area contributed by atoms with Crippen LogP contribution in [0, 0.1) is 0 Å². The summed E-state index contributed by atoms with van der Waals surface area (Å²) in [6.07, 6.45) is 3.66. The molecule has 0 amide bonds. The summed E-state index contributed by atoms with van der Waals surface area (Å²) in [6, 6.07) is 1.26. The minimum Gasteiger partial charge on any atom is -0.391 e. The van der Waals surface area contributed by atoms with E-state index >= 15 is 0 Å². The van der Waals surface area contributed by atoms with Gasteiger partial charge in [0.15, 0.2) is 0 Å². The number of aliphatic hydroxyl groups is 1. The van der Waals surface area contributed by atoms with Crippen molar-refractivity contribution in [3.8, 4) is 0 Å². The van der Waals surface area contributed by atoms with Gasteiger partial charge < -0.3 is 5.11 Å². The largest absolute Gasteiger partial charge is 0.391 e. The molecule has 0 aromatic carbocycles. The van der Waals surface area contributed by atoms with Gasteiger partial charge in [0.2, 0.25) is 0 Å². The highest BCUT2D eigenvalue weighted by molar-refractivity contribution is 6.18. The van der Waals surface area contributed by atoms with E-state index in [1.54, 1.807) is 0 Å². The van der Waals surface area contributed by atoms with Crippen LogP contribution in [0.1, 0.15) is 26.2 Å². The van der Waals surface area contributed by atoms with E-state index in [-0.39, 0.29) is 6.10 Å². The van der Waals surface area contributed by atoms with Crippen LogP contribution >= 0.6 is 11.6 Å². The van der Waals surface area contributed by atoms with Crippen LogP contribution in [0.15, 0.2) is 0 Å². The standard InChI is InChI=1S/C12H23ClN2O/c1-10-7-14-5-3-2-4-11(14)8-15(10)9-12(16)6-13/h10-12,16H,2-9H2,1H3. The smallest absolute Gasteiger partial charge is 0.0802 e. The number of alkyl halides is 1. The van der Waals surface area contributed by atoms with Crippen LogP contribution in [0.2, 0.25) is 0 Å². The third-order valence-electron chi connectivity index (χ3n) is 3.94. The Labute approximate surface area is 103 Å². The molecule has 3 nitrogen and oxygen atoms in total. The van der Waals surface area contributed by atoms with Gasteiger partial charge in [-0.15, -0.1) is 11.6 Å². The Balaban J connectivity index is 1.90. The van der Waals surface area contributed by atoms with E-state index in [2.05, 4.69) is 16.7 Å². The third kappa shape index (κ3) is 2.89. The van der Waals surface area contributed by atoms with Gasteiger partial charge in [-0.05, 0) is 26.3 Å². The highest BCUT2D eigenvalue weighted by Gasteiger charge is 2.33. The molecule has 0 spiro atoms. The Morgan fingerprint density at radius 1 is 1.38 bits per heavy atom. The maximum absolute atomic E-state index is 9.64. The number of piperazine rings is 1. The quantitative estimate of drug-likeness (QED) is 0.757. The van der Waals surface area contributed by atoms with Gasteiger partial charge in [-0.3, -0.25) is 9.80 Å². The summed E-state index contributed by atoms with van der Waals surface area (Å²) in [5, 5.41) is 9.64. The van der Waals surface area contributed by atoms with Gasteiger partial charge in [-0.2, -0.15) is 0 Å². The lowest BCUT2D eigenvalue weighted by molar-refractivity contribution is -0.00352. The van der Waals surface area contributed by atoms with Crippen molar-refractivity contribution in [2.75, 3.05) is 32.1 Å². The molecule has 0 aromatic heterocycles. The summed E-state index contributed by atoms with van der Waals surface area (Å²) in [5.41, 5.74) is 0. The first-order valence-corrected chi connectivity index (χ1v) is 6.96. The van der Waals surface area contributed by atoms with Crippen molar-refractivity contribution >= 4 is 11.6 Å². The molecule has 2 aliphatic rings. The van der Waals surface area contributed by atoms with E-state index < -0.39 is 0 Å². The molecule has 0 aromatic rings. The number of aliphatic hydroxyl groups excluding tert-OH is 1. The van der Waals surface area contributed by atoms with E-state index in [4.69, 9.17) is 11.6 Å². The summed E-state index contributed by atoms with van der Waals surface area (Å²) >= 11 is 5.67. The normalized spacial score (nSPS) is 34.7. The molecule has 3 atom stereocenters. The molecule has 94 valence electrons. The number of piperidine rings is 1. The van der Waals surface area contributed by atoms with Crippen LogP contribution in [0.25, 0.3) is 0 Å². The molecular formula is C12H23ClN2O. The molecule has 2 rings (SSSR count). The van der Waals surface area contributed by atoms with Gasteiger partial charge in [0, 0.05) is 37.6 Å². The van der Waals surface area contributed by atoms with Gasteiger partial charge in [0.05, 0.1) is 6.10 Å². The first-order valence-electron chi connectivity index (χ1n) is 6.43. The Morgan fingerprint density at radius 3 is 2.94 bits per heavy atom. The highest BCUT2D eigenvalue weighted by atomic mass is 35.5. The second-order valence-electron chi connectivity index (χ2n) is 5.26. The fourth-order valence-corrected chi connectivity index (χ4v) is 3.08. The zero-order valence-corrected chi connectivity index (χ0v) is 10.9. The molecule has 2 aliphatic heterocycles. The number of β-amino-alcohol motifs (C(OH)–C–C–N with tert-alkyl or cyclic N) is 1. The predicted octanol–water partition coefficient (Wildman–Crippen LogP) is 1.14. The van der Waals surface area contributed by atoms with Crippen molar-refractivity contribution in [3.05, 3.63) is 0 Å². The fraction of sp³-hybridized carbons (Fsp3) is 1.00. The molecule has 2 fully saturated rings. The molecule has 2 heterocycles. The highest BCUT2D eigenvalue weighted by Crippen LogP contribution is 2.23. The van der Waals surface area contributed by atoms with Gasteiger partial charge >= 0.3 is 0 Å². The minimum absolute atomic E-state index is 0.345. The van der Waals surface area contributed by atoms with E-state index in [1.807, 2.05) is 0 Å². The van der Waals surface area contributed by atoms with Crippen molar-refractivity contribution in [2.45, 2.75) is 44.4 Å². The van der Waals surface area contributed by atoms with Gasteiger partial charge in [0.25, 0.3) is 0 Å². The lowest BCUT2D eigenvalue weighted by Crippen LogP contribution is -2.59. The van der Waals surface area contributed by atoms with E-state index in [9.17, 15) is 5.11 Å². The lowest BCUT2D eigenvalue weighted by Gasteiger charge is -2.47. The summed E-state index contributed by atoms with van der Waals surface area (Å²) in [6.45, 7) is 6.51. The molecule has 2 saturated heterocycles. The summed E-state index contributed by atoms with van der Waals surface area (Å²) in [7, 11) is 0. The van der Waals surface area contributed by atoms with Crippen LogP contribution in [-0.2, 0) is 0 Å². The Hall–Kier alpha value is 0.170. The average molecular weight is 247 g/mol. The number of halogens is 1. The number of nitrogens with zero attached hydrogens (tertiary/aromatic N) is 2. The Bertz CT molecular complexity index is 227. The maximum Gasteiger partial charge on any atom is 0.0802 e. The lowest BCUT2D eigenvalue weighted by atomic mass is 9.97. The van der Waals surface area contributed by atoms with E-state index in [1.165, 1.54) is 25.8 Å². The predicted molar refractivity (Wildman–Crippen MR) is 67.0 cm³/mol. The number of fused-ring (bicyclic) bond motifs is 1. The fourth-order valence-electron chi connectivity index (χ4n) is 2.99. The van der Waals surface area contributed by atoms with E-state index in [0.29, 0.717) is 18.0 Å². The number of hydrogen-bond acceptors (Lipinski definition) is 3.